The highest BCUT2D eigenvalue weighted by atomic mass is 16.3. The number of nitrogens with one attached hydrogen (secondary N) is 1. The largest absolute Gasteiger partial charge is 0.387 e. The number of hydrogen-bond acceptors (Lipinski definition) is 4. The van der Waals surface area contributed by atoms with Gasteiger partial charge in [-0.3, -0.25) is 14.9 Å². The molecule has 0 aliphatic heterocycles. The predicted molar refractivity (Wildman–Crippen MR) is 110 cm³/mol. The van der Waals surface area contributed by atoms with E-state index in [0.29, 0.717) is 6.42 Å². The predicted octanol–water partition coefficient (Wildman–Crippen LogP) is 4.63. The summed E-state index contributed by atoms with van der Waals surface area (Å²) >= 11 is 0. The molecular weight excluding hydrogens is 342 g/mol. The van der Waals surface area contributed by atoms with Gasteiger partial charge in [0, 0.05) is 0 Å². The zero-order valence-corrected chi connectivity index (χ0v) is 17.5. The molecule has 5 nitrogen and oxygen atoms in total. The van der Waals surface area contributed by atoms with Crippen molar-refractivity contribution in [2.75, 3.05) is 6.61 Å². The maximum absolute atomic E-state index is 11.4. The average molecular weight is 386 g/mol. The zero-order chi connectivity index (χ0) is 20.2. The minimum atomic E-state index is -1.16. The third-order valence-electron chi connectivity index (χ3n) is 5.04. The van der Waals surface area contributed by atoms with Gasteiger partial charge in [-0.05, 0) is 6.42 Å². The number of hydrogen-bond donors (Lipinski definition) is 3. The first-order chi connectivity index (χ1) is 13.1. The van der Waals surface area contributed by atoms with Crippen LogP contribution in [0.25, 0.3) is 0 Å². The fraction of sp³-hybridized carbons (Fsp3) is 0.909. The SMILES string of the molecule is CCCCCCCCCCCCCCCCCCC(O)C(=O)NC(=O)CO. The molecule has 0 fully saturated rings. The fourth-order valence-electron chi connectivity index (χ4n) is 3.28. The molecule has 0 bridgehead atoms. The van der Waals surface area contributed by atoms with Crippen molar-refractivity contribution in [3.63, 3.8) is 0 Å². The van der Waals surface area contributed by atoms with Gasteiger partial charge >= 0.3 is 0 Å². The van der Waals surface area contributed by atoms with E-state index in [1.54, 1.807) is 0 Å². The van der Waals surface area contributed by atoms with Gasteiger partial charge in [0.1, 0.15) is 12.7 Å². The minimum Gasteiger partial charge on any atom is -0.387 e. The number of imide groups is 1. The Morgan fingerprint density at radius 1 is 0.704 bits per heavy atom. The highest BCUT2D eigenvalue weighted by Crippen LogP contribution is 2.14. The van der Waals surface area contributed by atoms with Gasteiger partial charge in [-0.1, -0.05) is 110 Å². The molecule has 0 rings (SSSR count). The molecule has 0 spiro atoms. The topological polar surface area (TPSA) is 86.6 Å². The Labute approximate surface area is 166 Å². The number of carbonyl (C=O) groups is 2. The van der Waals surface area contributed by atoms with Crippen LogP contribution in [0.15, 0.2) is 0 Å². The van der Waals surface area contributed by atoms with E-state index in [9.17, 15) is 14.7 Å². The Morgan fingerprint density at radius 2 is 1.07 bits per heavy atom. The van der Waals surface area contributed by atoms with E-state index in [4.69, 9.17) is 5.11 Å². The molecule has 0 heterocycles. The van der Waals surface area contributed by atoms with Gasteiger partial charge < -0.3 is 10.2 Å². The normalized spacial score (nSPS) is 12.1. The second-order valence-electron chi connectivity index (χ2n) is 7.68. The summed E-state index contributed by atoms with van der Waals surface area (Å²) < 4.78 is 0. The van der Waals surface area contributed by atoms with Crippen molar-refractivity contribution in [3.8, 4) is 0 Å². The second-order valence-corrected chi connectivity index (χ2v) is 7.68. The van der Waals surface area contributed by atoms with Gasteiger partial charge in [-0.25, -0.2) is 0 Å². The number of aliphatic hydroxyl groups is 2. The van der Waals surface area contributed by atoms with Gasteiger partial charge in [0.25, 0.3) is 11.8 Å². The summed E-state index contributed by atoms with van der Waals surface area (Å²) in [4.78, 5) is 22.3. The summed E-state index contributed by atoms with van der Waals surface area (Å²) in [6.45, 7) is 1.52. The van der Waals surface area contributed by atoms with E-state index in [1.165, 1.54) is 83.5 Å². The van der Waals surface area contributed by atoms with E-state index in [1.807, 2.05) is 5.32 Å². The molecule has 1 atom stereocenters. The van der Waals surface area contributed by atoms with Crippen LogP contribution in [-0.4, -0.2) is 34.7 Å². The molecule has 3 N–H and O–H groups in total. The highest BCUT2D eigenvalue weighted by molar-refractivity contribution is 5.97. The van der Waals surface area contributed by atoms with E-state index < -0.39 is 24.5 Å². The van der Waals surface area contributed by atoms with Crippen molar-refractivity contribution in [1.82, 2.24) is 5.32 Å². The van der Waals surface area contributed by atoms with E-state index in [2.05, 4.69) is 6.92 Å². The summed E-state index contributed by atoms with van der Waals surface area (Å²) in [6.07, 6.45) is 19.7. The van der Waals surface area contributed by atoms with E-state index in [-0.39, 0.29) is 0 Å². The first-order valence-electron chi connectivity index (χ1n) is 11.2. The minimum absolute atomic E-state index is 0.364. The van der Waals surface area contributed by atoms with Gasteiger partial charge in [-0.2, -0.15) is 0 Å². The summed E-state index contributed by atoms with van der Waals surface area (Å²) in [5.74, 6) is -1.49. The summed E-state index contributed by atoms with van der Waals surface area (Å²) in [7, 11) is 0. The second kappa shape index (κ2) is 19.8. The summed E-state index contributed by atoms with van der Waals surface area (Å²) in [5, 5.41) is 20.1. The Kier molecular flexibility index (Phi) is 19.1. The summed E-state index contributed by atoms with van der Waals surface area (Å²) in [5.41, 5.74) is 0. The Balaban J connectivity index is 3.25. The molecule has 1 unspecified atom stereocenters. The van der Waals surface area contributed by atoms with Crippen molar-refractivity contribution in [2.24, 2.45) is 0 Å². The van der Waals surface area contributed by atoms with Crippen molar-refractivity contribution < 1.29 is 19.8 Å². The van der Waals surface area contributed by atoms with Gasteiger partial charge in [-0.15, -0.1) is 0 Å². The standard InChI is InChI=1S/C22H43NO4/c1-2-3-4-5-6-7-8-9-10-11-12-13-14-15-16-17-18-20(25)22(27)23-21(26)19-24/h20,24-25H,2-19H2,1H3,(H,23,26,27). The van der Waals surface area contributed by atoms with Crippen molar-refractivity contribution in [2.45, 2.75) is 122 Å². The number of carbonyl (C=O) groups excluding carboxylic acids is 2. The Morgan fingerprint density at radius 3 is 1.44 bits per heavy atom. The lowest BCUT2D eigenvalue weighted by Crippen LogP contribution is -2.39. The third kappa shape index (κ3) is 18.2. The van der Waals surface area contributed by atoms with Crippen LogP contribution in [-0.2, 0) is 9.59 Å². The molecule has 0 aromatic heterocycles. The monoisotopic (exact) mass is 385 g/mol. The average Bonchev–Trinajstić information content (AvgIpc) is 2.67. The first kappa shape index (κ1) is 26.1. The molecule has 2 amide bonds. The maximum Gasteiger partial charge on any atom is 0.255 e. The fourth-order valence-corrected chi connectivity index (χ4v) is 3.28. The van der Waals surface area contributed by atoms with Crippen molar-refractivity contribution in [3.05, 3.63) is 0 Å². The van der Waals surface area contributed by atoms with Crippen molar-refractivity contribution in [1.29, 1.82) is 0 Å². The van der Waals surface area contributed by atoms with Crippen LogP contribution < -0.4 is 5.32 Å². The van der Waals surface area contributed by atoms with Crippen molar-refractivity contribution >= 4 is 11.8 Å². The Bertz CT molecular complexity index is 360. The molecule has 0 aliphatic rings. The molecule has 0 aromatic carbocycles. The van der Waals surface area contributed by atoms with Gasteiger partial charge in [0.2, 0.25) is 0 Å². The number of unbranched alkanes of at least 4 members (excludes halogenated alkanes) is 15. The molecule has 0 saturated carbocycles. The lowest BCUT2D eigenvalue weighted by molar-refractivity contribution is -0.137. The molecule has 0 radical (unpaired) electrons. The van der Waals surface area contributed by atoms with Crippen LogP contribution >= 0.6 is 0 Å². The molecule has 27 heavy (non-hydrogen) atoms. The van der Waals surface area contributed by atoms with E-state index in [0.717, 1.165) is 19.3 Å². The molecule has 0 aromatic rings. The number of amides is 2. The quantitative estimate of drug-likeness (QED) is 0.283. The van der Waals surface area contributed by atoms with Crippen LogP contribution in [0.5, 0.6) is 0 Å². The first-order valence-corrected chi connectivity index (χ1v) is 11.2. The molecule has 0 saturated heterocycles. The zero-order valence-electron chi connectivity index (χ0n) is 17.5. The van der Waals surface area contributed by atoms with Crippen LogP contribution in [0, 0.1) is 0 Å². The molecular formula is C22H43NO4. The van der Waals surface area contributed by atoms with Gasteiger partial charge in [0.05, 0.1) is 0 Å². The number of aliphatic hydroxyl groups excluding tert-OH is 2. The molecule has 0 aliphatic carbocycles. The third-order valence-corrected chi connectivity index (χ3v) is 5.04. The molecule has 5 heteroatoms. The van der Waals surface area contributed by atoms with E-state index >= 15 is 0 Å². The highest BCUT2D eigenvalue weighted by Gasteiger charge is 2.16. The van der Waals surface area contributed by atoms with Gasteiger partial charge in [0.15, 0.2) is 0 Å². The Hall–Kier alpha value is -0.940. The number of rotatable bonds is 19. The lowest BCUT2D eigenvalue weighted by Gasteiger charge is -2.09. The smallest absolute Gasteiger partial charge is 0.255 e. The molecule has 160 valence electrons. The lowest BCUT2D eigenvalue weighted by atomic mass is 10.0. The van der Waals surface area contributed by atoms with Crippen LogP contribution in [0.2, 0.25) is 0 Å². The maximum atomic E-state index is 11.4. The van der Waals surface area contributed by atoms with Crippen LogP contribution in [0.1, 0.15) is 116 Å². The summed E-state index contributed by atoms with van der Waals surface area (Å²) in [6, 6.07) is 0. The van der Waals surface area contributed by atoms with Crippen LogP contribution in [0.4, 0.5) is 0 Å². The van der Waals surface area contributed by atoms with Crippen LogP contribution in [0.3, 0.4) is 0 Å².